The van der Waals surface area contributed by atoms with Gasteiger partial charge >= 0.3 is 0 Å². The molecule has 254 valence electrons. The number of aromatic nitrogens is 5. The van der Waals surface area contributed by atoms with Crippen molar-refractivity contribution < 1.29 is 0 Å². The van der Waals surface area contributed by atoms with Gasteiger partial charge in [0.25, 0.3) is 0 Å². The second kappa shape index (κ2) is 14.7. The number of benzene rings is 5. The lowest BCUT2D eigenvalue weighted by atomic mass is 9.95. The van der Waals surface area contributed by atoms with Crippen molar-refractivity contribution in [3.63, 3.8) is 0 Å². The summed E-state index contributed by atoms with van der Waals surface area (Å²) < 4.78 is 0. The smallest absolute Gasteiger partial charge is 0.161 e. The van der Waals surface area contributed by atoms with E-state index in [1.165, 1.54) is 0 Å². The molecule has 0 saturated carbocycles. The molecule has 54 heavy (non-hydrogen) atoms. The van der Waals surface area contributed by atoms with Crippen LogP contribution in [0.3, 0.4) is 0 Å². The van der Waals surface area contributed by atoms with Gasteiger partial charge in [-0.2, -0.15) is 0 Å². The Hall–Kier alpha value is -7.37. The molecular weight excluding hydrogens is 659 g/mol. The molecule has 0 unspecified atom stereocenters. The first-order valence-electron chi connectivity index (χ1n) is 17.9. The maximum atomic E-state index is 5.12. The summed E-state index contributed by atoms with van der Waals surface area (Å²) in [5.41, 5.74) is 14.3. The van der Waals surface area contributed by atoms with Gasteiger partial charge < -0.3 is 0 Å². The zero-order valence-corrected chi connectivity index (χ0v) is 29.3. The van der Waals surface area contributed by atoms with E-state index in [0.29, 0.717) is 5.82 Å². The molecule has 0 radical (unpaired) electrons. The summed E-state index contributed by atoms with van der Waals surface area (Å²) >= 11 is 0. The van der Waals surface area contributed by atoms with Crippen LogP contribution in [-0.2, 0) is 0 Å². The van der Waals surface area contributed by atoms with E-state index in [0.717, 1.165) is 84.2 Å². The van der Waals surface area contributed by atoms with Crippen LogP contribution in [0.1, 0.15) is 0 Å². The lowest BCUT2D eigenvalue weighted by Gasteiger charge is -2.14. The first-order valence-corrected chi connectivity index (χ1v) is 17.9. The minimum absolute atomic E-state index is 0.678. The molecule has 9 aromatic rings. The summed E-state index contributed by atoms with van der Waals surface area (Å²) in [5, 5.41) is 0. The molecule has 9 rings (SSSR count). The third kappa shape index (κ3) is 6.70. The van der Waals surface area contributed by atoms with Gasteiger partial charge in [0, 0.05) is 34.6 Å². The van der Waals surface area contributed by atoms with E-state index in [1.807, 2.05) is 79.0 Å². The molecule has 0 amide bonds. The lowest BCUT2D eigenvalue weighted by molar-refractivity contribution is 1.18. The zero-order valence-electron chi connectivity index (χ0n) is 29.3. The van der Waals surface area contributed by atoms with E-state index >= 15 is 0 Å². The van der Waals surface area contributed by atoms with Gasteiger partial charge in [0.15, 0.2) is 5.82 Å². The predicted octanol–water partition coefficient (Wildman–Crippen LogP) is 12.0. The standard InChI is InChI=1S/C49H33N5/c1-4-15-34(16-5-1)39-31-46(43-24-12-13-29-50-43)52-47(32-39)48-41(23-14-30-51-48)36-27-25-35(26-28-36)40-21-10-11-22-42(40)49-53-44(37-17-6-2-7-18-37)33-45(54-49)38-19-8-3-9-20-38/h1-33H. The van der Waals surface area contributed by atoms with Crippen LogP contribution in [0.15, 0.2) is 200 Å². The Bertz CT molecular complexity index is 2380. The molecule has 4 heterocycles. The highest BCUT2D eigenvalue weighted by atomic mass is 14.9. The van der Waals surface area contributed by atoms with Gasteiger partial charge in [0.1, 0.15) is 0 Å². The second-order valence-corrected chi connectivity index (χ2v) is 12.9. The third-order valence-electron chi connectivity index (χ3n) is 9.45. The Morgan fingerprint density at radius 2 is 0.778 bits per heavy atom. The number of rotatable bonds is 8. The summed E-state index contributed by atoms with van der Waals surface area (Å²) in [7, 11) is 0. The molecule has 0 saturated heterocycles. The van der Waals surface area contributed by atoms with Crippen molar-refractivity contribution in [3.8, 4) is 90.1 Å². The third-order valence-corrected chi connectivity index (χ3v) is 9.45. The fraction of sp³-hybridized carbons (Fsp3) is 0. The van der Waals surface area contributed by atoms with Crippen LogP contribution >= 0.6 is 0 Å². The fourth-order valence-corrected chi connectivity index (χ4v) is 6.78. The summed E-state index contributed by atoms with van der Waals surface area (Å²) in [6, 6.07) is 64.2. The second-order valence-electron chi connectivity index (χ2n) is 12.9. The molecule has 0 spiro atoms. The Labute approximate surface area is 314 Å². The minimum atomic E-state index is 0.678. The highest BCUT2D eigenvalue weighted by molar-refractivity contribution is 5.86. The van der Waals surface area contributed by atoms with Gasteiger partial charge in [0.2, 0.25) is 0 Å². The number of pyridine rings is 3. The molecule has 0 aliphatic carbocycles. The lowest BCUT2D eigenvalue weighted by Crippen LogP contribution is -1.97. The first-order chi connectivity index (χ1) is 26.8. The van der Waals surface area contributed by atoms with Crippen molar-refractivity contribution in [2.45, 2.75) is 0 Å². The number of hydrogen-bond donors (Lipinski definition) is 0. The van der Waals surface area contributed by atoms with Gasteiger partial charge in [-0.1, -0.05) is 152 Å². The zero-order chi connectivity index (χ0) is 36.1. The van der Waals surface area contributed by atoms with Crippen LogP contribution in [0.5, 0.6) is 0 Å². The van der Waals surface area contributed by atoms with Crippen LogP contribution in [-0.4, -0.2) is 24.9 Å². The molecule has 0 atom stereocenters. The molecule has 5 heteroatoms. The largest absolute Gasteiger partial charge is 0.255 e. The van der Waals surface area contributed by atoms with E-state index in [2.05, 4.69) is 120 Å². The first kappa shape index (κ1) is 32.5. The number of nitrogens with zero attached hydrogens (tertiary/aromatic N) is 5. The Balaban J connectivity index is 1.12. The van der Waals surface area contributed by atoms with E-state index in [4.69, 9.17) is 19.9 Å². The molecule has 0 N–H and O–H groups in total. The minimum Gasteiger partial charge on any atom is -0.255 e. The molecule has 0 aliphatic heterocycles. The van der Waals surface area contributed by atoms with Crippen molar-refractivity contribution in [1.82, 2.24) is 24.9 Å². The average Bonchev–Trinajstić information content (AvgIpc) is 3.27. The normalized spacial score (nSPS) is 11.0. The number of hydrogen-bond acceptors (Lipinski definition) is 5. The Morgan fingerprint density at radius 1 is 0.259 bits per heavy atom. The van der Waals surface area contributed by atoms with Crippen molar-refractivity contribution in [2.24, 2.45) is 0 Å². The Morgan fingerprint density at radius 3 is 1.41 bits per heavy atom. The van der Waals surface area contributed by atoms with E-state index < -0.39 is 0 Å². The van der Waals surface area contributed by atoms with Crippen LogP contribution in [0.25, 0.3) is 90.1 Å². The van der Waals surface area contributed by atoms with Crippen molar-refractivity contribution in [2.75, 3.05) is 0 Å². The van der Waals surface area contributed by atoms with Gasteiger partial charge in [-0.3, -0.25) is 9.97 Å². The van der Waals surface area contributed by atoms with Gasteiger partial charge in [0.05, 0.1) is 34.2 Å². The molecule has 5 nitrogen and oxygen atoms in total. The van der Waals surface area contributed by atoms with Crippen LogP contribution < -0.4 is 0 Å². The maximum Gasteiger partial charge on any atom is 0.161 e. The average molecular weight is 692 g/mol. The van der Waals surface area contributed by atoms with Crippen LogP contribution in [0.2, 0.25) is 0 Å². The van der Waals surface area contributed by atoms with Gasteiger partial charge in [-0.05, 0) is 64.2 Å². The summed E-state index contributed by atoms with van der Waals surface area (Å²) in [6.07, 6.45) is 3.63. The van der Waals surface area contributed by atoms with Crippen molar-refractivity contribution in [3.05, 3.63) is 200 Å². The molecule has 4 aromatic heterocycles. The topological polar surface area (TPSA) is 64.5 Å². The monoisotopic (exact) mass is 691 g/mol. The van der Waals surface area contributed by atoms with Crippen molar-refractivity contribution >= 4 is 0 Å². The van der Waals surface area contributed by atoms with E-state index in [1.54, 1.807) is 6.20 Å². The summed E-state index contributed by atoms with van der Waals surface area (Å²) in [5.74, 6) is 0.678. The maximum absolute atomic E-state index is 5.12. The highest BCUT2D eigenvalue weighted by Crippen LogP contribution is 2.37. The predicted molar refractivity (Wildman–Crippen MR) is 219 cm³/mol. The van der Waals surface area contributed by atoms with E-state index in [-0.39, 0.29) is 0 Å². The molecular formula is C49H33N5. The Kier molecular flexibility index (Phi) is 8.86. The van der Waals surface area contributed by atoms with Crippen LogP contribution in [0.4, 0.5) is 0 Å². The SMILES string of the molecule is c1ccc(-c2cc(-c3ccccn3)nc(-c3ncccc3-c3ccc(-c4ccccc4-c4nc(-c5ccccc5)cc(-c5ccccc5)n4)cc3)c2)cc1. The highest BCUT2D eigenvalue weighted by Gasteiger charge is 2.17. The summed E-state index contributed by atoms with van der Waals surface area (Å²) in [4.78, 5) is 24.9. The quantitative estimate of drug-likeness (QED) is 0.159. The fourth-order valence-electron chi connectivity index (χ4n) is 6.78. The van der Waals surface area contributed by atoms with Crippen LogP contribution in [0, 0.1) is 0 Å². The molecule has 5 aromatic carbocycles. The van der Waals surface area contributed by atoms with Gasteiger partial charge in [-0.25, -0.2) is 15.0 Å². The summed E-state index contributed by atoms with van der Waals surface area (Å²) in [6.45, 7) is 0. The molecule has 0 fully saturated rings. The molecule has 0 aliphatic rings. The van der Waals surface area contributed by atoms with Crippen molar-refractivity contribution in [1.29, 1.82) is 0 Å². The van der Waals surface area contributed by atoms with Gasteiger partial charge in [-0.15, -0.1) is 0 Å². The van der Waals surface area contributed by atoms with E-state index in [9.17, 15) is 0 Å². The molecule has 0 bridgehead atoms.